The van der Waals surface area contributed by atoms with Gasteiger partial charge < -0.3 is 4.84 Å². The first kappa shape index (κ1) is 11.5. The Labute approximate surface area is 100 Å². The Morgan fingerprint density at radius 1 is 1.06 bits per heavy atom. The maximum Gasteiger partial charge on any atom is 0.158 e. The summed E-state index contributed by atoms with van der Waals surface area (Å²) >= 11 is 0. The van der Waals surface area contributed by atoms with Gasteiger partial charge in [-0.2, -0.15) is 0 Å². The van der Waals surface area contributed by atoms with Crippen LogP contribution in [0.5, 0.6) is 5.75 Å². The molecule has 0 aliphatic carbocycles. The fraction of sp³-hybridized carbons (Fsp3) is 0.143. The molecule has 2 aromatic carbocycles. The summed E-state index contributed by atoms with van der Waals surface area (Å²) in [6.45, 7) is 3.81. The lowest BCUT2D eigenvalue weighted by molar-refractivity contribution is 0.401. The molecule has 0 radical (unpaired) electrons. The molecule has 0 aliphatic heterocycles. The van der Waals surface area contributed by atoms with Crippen LogP contribution in [-0.2, 0) is 0 Å². The number of nitrogens with one attached hydrogen (secondary N) is 1. The lowest BCUT2D eigenvalue weighted by Crippen LogP contribution is -2.05. The van der Waals surface area contributed by atoms with Crippen molar-refractivity contribution in [3.63, 3.8) is 0 Å². The highest BCUT2D eigenvalue weighted by molar-refractivity contribution is 5.45. The first-order valence-corrected chi connectivity index (χ1v) is 5.41. The van der Waals surface area contributed by atoms with Crippen molar-refractivity contribution >= 4 is 5.69 Å². The zero-order chi connectivity index (χ0) is 12.3. The lowest BCUT2D eigenvalue weighted by Gasteiger charge is -2.10. The van der Waals surface area contributed by atoms with E-state index in [0.29, 0.717) is 5.75 Å². The Morgan fingerprint density at radius 2 is 1.88 bits per heavy atom. The van der Waals surface area contributed by atoms with Gasteiger partial charge in [0, 0.05) is 0 Å². The van der Waals surface area contributed by atoms with Gasteiger partial charge in [0.15, 0.2) is 5.75 Å². The lowest BCUT2D eigenvalue weighted by atomic mass is 10.2. The zero-order valence-electron chi connectivity index (χ0n) is 9.83. The van der Waals surface area contributed by atoms with E-state index < -0.39 is 0 Å². The Kier molecular flexibility index (Phi) is 3.28. The van der Waals surface area contributed by atoms with Crippen molar-refractivity contribution in [1.82, 2.24) is 0 Å². The van der Waals surface area contributed by atoms with Gasteiger partial charge in [-0.15, -0.1) is 0 Å². The smallest absolute Gasteiger partial charge is 0.158 e. The molecule has 88 valence electrons. The van der Waals surface area contributed by atoms with Gasteiger partial charge in [0.05, 0.1) is 5.69 Å². The number of benzene rings is 2. The number of hydrogen-bond donors (Lipinski definition) is 1. The van der Waals surface area contributed by atoms with E-state index in [1.807, 2.05) is 31.2 Å². The van der Waals surface area contributed by atoms with Crippen molar-refractivity contribution in [2.75, 3.05) is 5.48 Å². The second kappa shape index (κ2) is 4.87. The quantitative estimate of drug-likeness (QED) is 0.810. The molecule has 0 unspecified atom stereocenters. The summed E-state index contributed by atoms with van der Waals surface area (Å²) in [4.78, 5) is 5.42. The summed E-state index contributed by atoms with van der Waals surface area (Å²) in [6, 6.07) is 12.2. The number of aryl methyl sites for hydroxylation is 2. The van der Waals surface area contributed by atoms with Crippen LogP contribution in [0.2, 0.25) is 0 Å². The van der Waals surface area contributed by atoms with Crippen LogP contribution in [0.15, 0.2) is 42.5 Å². The predicted octanol–water partition coefficient (Wildman–Crippen LogP) is 3.85. The summed E-state index contributed by atoms with van der Waals surface area (Å²) in [5.41, 5.74) is 5.61. The van der Waals surface area contributed by atoms with Crippen molar-refractivity contribution < 1.29 is 9.23 Å². The molecule has 0 saturated heterocycles. The molecule has 17 heavy (non-hydrogen) atoms. The number of halogens is 1. The van der Waals surface area contributed by atoms with Crippen LogP contribution in [0.3, 0.4) is 0 Å². The van der Waals surface area contributed by atoms with E-state index in [-0.39, 0.29) is 5.82 Å². The molecule has 0 amide bonds. The Balaban J connectivity index is 2.07. The van der Waals surface area contributed by atoms with Gasteiger partial charge in [-0.3, -0.25) is 0 Å². The SMILES string of the molecule is Cc1cccc(NOc2ccc(F)cc2C)c1. The van der Waals surface area contributed by atoms with Crippen LogP contribution in [0.4, 0.5) is 10.1 Å². The van der Waals surface area contributed by atoms with Crippen molar-refractivity contribution in [3.05, 3.63) is 59.4 Å². The standard InChI is InChI=1S/C14H14FNO/c1-10-4-3-5-13(8-10)16-17-14-7-6-12(15)9-11(14)2/h3-9,16H,1-2H3. The minimum atomic E-state index is -0.259. The highest BCUT2D eigenvalue weighted by Gasteiger charge is 2.01. The topological polar surface area (TPSA) is 21.3 Å². The molecule has 3 heteroatoms. The highest BCUT2D eigenvalue weighted by Crippen LogP contribution is 2.19. The third-order valence-electron chi connectivity index (χ3n) is 2.43. The second-order valence-corrected chi connectivity index (χ2v) is 3.98. The summed E-state index contributed by atoms with van der Waals surface area (Å²) < 4.78 is 12.9. The molecule has 0 aromatic heterocycles. The van der Waals surface area contributed by atoms with Crippen LogP contribution in [0.1, 0.15) is 11.1 Å². The van der Waals surface area contributed by atoms with Crippen LogP contribution in [0, 0.1) is 19.7 Å². The van der Waals surface area contributed by atoms with Gasteiger partial charge in [0.1, 0.15) is 5.82 Å². The molecule has 0 aliphatic rings. The van der Waals surface area contributed by atoms with Gasteiger partial charge in [0.25, 0.3) is 0 Å². The molecule has 0 spiro atoms. The predicted molar refractivity (Wildman–Crippen MR) is 66.6 cm³/mol. The molecule has 0 heterocycles. The van der Waals surface area contributed by atoms with Gasteiger partial charge >= 0.3 is 0 Å². The van der Waals surface area contributed by atoms with Gasteiger partial charge in [-0.1, -0.05) is 12.1 Å². The molecular formula is C14H14FNO. The number of rotatable bonds is 3. The van der Waals surface area contributed by atoms with Crippen molar-refractivity contribution in [3.8, 4) is 5.75 Å². The first-order valence-electron chi connectivity index (χ1n) is 5.41. The summed E-state index contributed by atoms with van der Waals surface area (Å²) in [6.07, 6.45) is 0. The third kappa shape index (κ3) is 2.97. The van der Waals surface area contributed by atoms with Crippen LogP contribution >= 0.6 is 0 Å². The van der Waals surface area contributed by atoms with Crippen LogP contribution in [0.25, 0.3) is 0 Å². The van der Waals surface area contributed by atoms with E-state index in [1.54, 1.807) is 13.0 Å². The number of hydrogen-bond acceptors (Lipinski definition) is 2. The monoisotopic (exact) mass is 231 g/mol. The molecule has 0 saturated carbocycles. The van der Waals surface area contributed by atoms with E-state index in [2.05, 4.69) is 5.48 Å². The molecular weight excluding hydrogens is 217 g/mol. The summed E-state index contributed by atoms with van der Waals surface area (Å²) in [7, 11) is 0. The number of anilines is 1. The average Bonchev–Trinajstić information content (AvgIpc) is 2.28. The van der Waals surface area contributed by atoms with Crippen LogP contribution < -0.4 is 10.3 Å². The Morgan fingerprint density at radius 3 is 2.59 bits per heavy atom. The first-order chi connectivity index (χ1) is 8.15. The minimum Gasteiger partial charge on any atom is -0.382 e. The van der Waals surface area contributed by atoms with E-state index in [0.717, 1.165) is 16.8 Å². The largest absolute Gasteiger partial charge is 0.382 e. The van der Waals surface area contributed by atoms with Crippen molar-refractivity contribution in [2.24, 2.45) is 0 Å². The molecule has 2 rings (SSSR count). The fourth-order valence-electron chi connectivity index (χ4n) is 1.55. The third-order valence-corrected chi connectivity index (χ3v) is 2.43. The Bertz CT molecular complexity index is 525. The molecule has 0 bridgehead atoms. The van der Waals surface area contributed by atoms with E-state index in [1.165, 1.54) is 12.1 Å². The molecule has 2 aromatic rings. The highest BCUT2D eigenvalue weighted by atomic mass is 19.1. The summed E-state index contributed by atoms with van der Waals surface area (Å²) in [5.74, 6) is 0.360. The summed E-state index contributed by atoms with van der Waals surface area (Å²) in [5, 5.41) is 0. The fourth-order valence-corrected chi connectivity index (χ4v) is 1.55. The maximum atomic E-state index is 12.9. The molecule has 1 N–H and O–H groups in total. The zero-order valence-corrected chi connectivity index (χ0v) is 9.83. The molecule has 2 nitrogen and oxygen atoms in total. The van der Waals surface area contributed by atoms with E-state index in [9.17, 15) is 4.39 Å². The van der Waals surface area contributed by atoms with E-state index in [4.69, 9.17) is 4.84 Å². The van der Waals surface area contributed by atoms with Gasteiger partial charge in [-0.25, -0.2) is 9.87 Å². The second-order valence-electron chi connectivity index (χ2n) is 3.98. The normalized spacial score (nSPS) is 10.1. The average molecular weight is 231 g/mol. The van der Waals surface area contributed by atoms with E-state index >= 15 is 0 Å². The molecule has 0 atom stereocenters. The molecule has 0 fully saturated rings. The minimum absolute atomic E-state index is 0.259. The van der Waals surface area contributed by atoms with Crippen molar-refractivity contribution in [1.29, 1.82) is 0 Å². The Hall–Kier alpha value is -2.03. The van der Waals surface area contributed by atoms with Gasteiger partial charge in [-0.05, 0) is 55.3 Å². The van der Waals surface area contributed by atoms with Gasteiger partial charge in [0.2, 0.25) is 0 Å². The maximum absolute atomic E-state index is 12.9. The van der Waals surface area contributed by atoms with Crippen LogP contribution in [-0.4, -0.2) is 0 Å². The van der Waals surface area contributed by atoms with Crippen molar-refractivity contribution in [2.45, 2.75) is 13.8 Å².